The van der Waals surface area contributed by atoms with E-state index in [2.05, 4.69) is 21.3 Å². The molecule has 1 aromatic carbocycles. The van der Waals surface area contributed by atoms with Crippen LogP contribution in [0.4, 0.5) is 4.79 Å². The minimum absolute atomic E-state index is 0.148. The van der Waals surface area contributed by atoms with Crippen molar-refractivity contribution in [2.75, 3.05) is 25.9 Å². The molecule has 2 heterocycles. The Labute approximate surface area is 174 Å². The van der Waals surface area contributed by atoms with Crippen LogP contribution in [0.1, 0.15) is 23.3 Å². The maximum Gasteiger partial charge on any atom is 0.333 e. The van der Waals surface area contributed by atoms with E-state index in [9.17, 15) is 23.1 Å². The average molecular weight is 436 g/mol. The number of rotatable bonds is 5. The van der Waals surface area contributed by atoms with Gasteiger partial charge in [-0.25, -0.2) is 27.6 Å². The highest BCUT2D eigenvalue weighted by atomic mass is 32.2. The normalized spacial score (nSPS) is 15.5. The van der Waals surface area contributed by atoms with Crippen molar-refractivity contribution >= 4 is 22.0 Å². The van der Waals surface area contributed by atoms with Crippen LogP contribution in [0.25, 0.3) is 5.69 Å². The van der Waals surface area contributed by atoms with Crippen molar-refractivity contribution in [2.45, 2.75) is 12.8 Å². The number of benzene rings is 1. The summed E-state index contributed by atoms with van der Waals surface area (Å²) in [7, 11) is -3.19. The van der Waals surface area contributed by atoms with E-state index in [4.69, 9.17) is 0 Å². The first-order valence-corrected chi connectivity index (χ1v) is 11.2. The van der Waals surface area contributed by atoms with Gasteiger partial charge in [0.05, 0.1) is 18.1 Å². The third-order valence-electron chi connectivity index (χ3n) is 4.81. The van der Waals surface area contributed by atoms with Gasteiger partial charge in [-0.15, -0.1) is 0 Å². The zero-order valence-corrected chi connectivity index (χ0v) is 17.2. The third-order valence-corrected chi connectivity index (χ3v) is 6.12. The quantitative estimate of drug-likeness (QED) is 0.493. The minimum Gasteiger partial charge on any atom is -0.504 e. The van der Waals surface area contributed by atoms with E-state index in [1.807, 2.05) is 6.07 Å². The molecule has 0 radical (unpaired) electrons. The van der Waals surface area contributed by atoms with Crippen LogP contribution in [0.5, 0.6) is 5.75 Å². The van der Waals surface area contributed by atoms with Gasteiger partial charge in [0.2, 0.25) is 10.0 Å². The Hall–Kier alpha value is -3.12. The average Bonchev–Trinajstić information content (AvgIpc) is 3.12. The topological polar surface area (TPSA) is 146 Å². The first-order chi connectivity index (χ1) is 14.2. The van der Waals surface area contributed by atoms with Crippen molar-refractivity contribution in [1.29, 1.82) is 0 Å². The summed E-state index contributed by atoms with van der Waals surface area (Å²) in [6, 6.07) is 8.34. The highest BCUT2D eigenvalue weighted by Crippen LogP contribution is 2.19. The van der Waals surface area contributed by atoms with Crippen LogP contribution in [0.2, 0.25) is 0 Å². The Morgan fingerprint density at radius 2 is 1.83 bits per heavy atom. The smallest absolute Gasteiger partial charge is 0.333 e. The van der Waals surface area contributed by atoms with Crippen LogP contribution < -0.4 is 16.2 Å². The molecule has 0 aliphatic carbocycles. The molecule has 0 saturated carbocycles. The van der Waals surface area contributed by atoms with E-state index in [1.165, 1.54) is 21.4 Å². The summed E-state index contributed by atoms with van der Waals surface area (Å²) in [4.78, 5) is 24.1. The third kappa shape index (κ3) is 5.48. The summed E-state index contributed by atoms with van der Waals surface area (Å²) in [5, 5.41) is 16.6. The maximum absolute atomic E-state index is 12.2. The van der Waals surface area contributed by atoms with Crippen molar-refractivity contribution in [1.82, 2.24) is 30.3 Å². The Morgan fingerprint density at radius 1 is 1.17 bits per heavy atom. The van der Waals surface area contributed by atoms with Gasteiger partial charge in [0.15, 0.2) is 11.4 Å². The molecule has 1 aliphatic heterocycles. The molecule has 3 amide bonds. The largest absolute Gasteiger partial charge is 0.504 e. The zero-order chi connectivity index (χ0) is 21.7. The number of nitrogens with one attached hydrogen (secondary N) is 3. The molecule has 4 N–H and O–H groups in total. The predicted octanol–water partition coefficient (Wildman–Crippen LogP) is 0.194. The number of aromatic hydroxyl groups is 1. The van der Waals surface area contributed by atoms with Gasteiger partial charge in [0, 0.05) is 19.6 Å². The highest BCUT2D eigenvalue weighted by Gasteiger charge is 2.25. The number of nitrogens with zero attached hydrogens (tertiary/aromatic N) is 3. The molecule has 11 nitrogen and oxygen atoms in total. The fourth-order valence-corrected chi connectivity index (χ4v) is 4.01. The zero-order valence-electron chi connectivity index (χ0n) is 16.4. The van der Waals surface area contributed by atoms with E-state index in [1.54, 1.807) is 24.3 Å². The summed E-state index contributed by atoms with van der Waals surface area (Å²) in [5.74, 6) is -0.940. The summed E-state index contributed by atoms with van der Waals surface area (Å²) in [5.41, 5.74) is 4.85. The molecule has 30 heavy (non-hydrogen) atoms. The highest BCUT2D eigenvalue weighted by molar-refractivity contribution is 7.88. The number of piperidine rings is 1. The standard InChI is InChI=1S/C18H24N6O5S/c1-30(28,29)23-9-7-13(8-10-23)11-19-18(27)21-20-17(26)16-15(25)12-24(22-16)14-5-3-2-4-6-14/h2-6,12-13,25H,7-11H2,1H3,(H,20,26)(H2,19,21,27). The number of aromatic nitrogens is 2. The van der Waals surface area contributed by atoms with E-state index < -0.39 is 22.0 Å². The van der Waals surface area contributed by atoms with Gasteiger partial charge in [0.1, 0.15) is 0 Å². The lowest BCUT2D eigenvalue weighted by atomic mass is 9.98. The van der Waals surface area contributed by atoms with Crippen LogP contribution in [0.3, 0.4) is 0 Å². The molecule has 3 rings (SSSR count). The molecule has 12 heteroatoms. The second kappa shape index (κ2) is 9.13. The second-order valence-corrected chi connectivity index (χ2v) is 9.02. The first-order valence-electron chi connectivity index (χ1n) is 9.37. The van der Waals surface area contributed by atoms with Crippen molar-refractivity contribution in [3.05, 3.63) is 42.2 Å². The van der Waals surface area contributed by atoms with Gasteiger partial charge in [-0.1, -0.05) is 18.2 Å². The molecule has 1 aromatic heterocycles. The van der Waals surface area contributed by atoms with E-state index in [0.29, 0.717) is 38.2 Å². The molecule has 0 bridgehead atoms. The lowest BCUT2D eigenvalue weighted by Gasteiger charge is -2.30. The molecule has 1 saturated heterocycles. The Balaban J connectivity index is 1.44. The van der Waals surface area contributed by atoms with Crippen LogP contribution >= 0.6 is 0 Å². The number of carbonyl (C=O) groups excluding carboxylic acids is 2. The molecule has 2 aromatic rings. The van der Waals surface area contributed by atoms with E-state index >= 15 is 0 Å². The van der Waals surface area contributed by atoms with Crippen molar-refractivity contribution in [3.8, 4) is 11.4 Å². The number of urea groups is 1. The summed E-state index contributed by atoms with van der Waals surface area (Å²) < 4.78 is 25.8. The van der Waals surface area contributed by atoms with E-state index in [0.717, 1.165) is 0 Å². The lowest BCUT2D eigenvalue weighted by molar-refractivity contribution is 0.0928. The van der Waals surface area contributed by atoms with Crippen molar-refractivity contribution in [3.63, 3.8) is 0 Å². The lowest BCUT2D eigenvalue weighted by Crippen LogP contribution is -2.49. The summed E-state index contributed by atoms with van der Waals surface area (Å²) >= 11 is 0. The second-order valence-electron chi connectivity index (χ2n) is 7.04. The Morgan fingerprint density at radius 3 is 2.47 bits per heavy atom. The number of hydrogen-bond acceptors (Lipinski definition) is 6. The van der Waals surface area contributed by atoms with Gasteiger partial charge >= 0.3 is 6.03 Å². The van der Waals surface area contributed by atoms with Gasteiger partial charge in [-0.05, 0) is 30.9 Å². The van der Waals surface area contributed by atoms with Gasteiger partial charge in [0.25, 0.3) is 5.91 Å². The number of hydrazine groups is 1. The summed E-state index contributed by atoms with van der Waals surface area (Å²) in [6.45, 7) is 1.20. The SMILES string of the molecule is CS(=O)(=O)N1CCC(CNC(=O)NNC(=O)c2nn(-c3ccccc3)cc2O)CC1. The number of sulfonamides is 1. The van der Waals surface area contributed by atoms with Crippen LogP contribution in [0.15, 0.2) is 36.5 Å². The monoisotopic (exact) mass is 436 g/mol. The van der Waals surface area contributed by atoms with Crippen LogP contribution in [-0.4, -0.2) is 65.4 Å². The number of amides is 3. The van der Waals surface area contributed by atoms with Gasteiger partial charge < -0.3 is 10.4 Å². The molecule has 0 atom stereocenters. The fraction of sp³-hybridized carbons (Fsp3) is 0.389. The Kier molecular flexibility index (Phi) is 6.57. The molecule has 0 unspecified atom stereocenters. The predicted molar refractivity (Wildman–Crippen MR) is 108 cm³/mol. The molecular weight excluding hydrogens is 412 g/mol. The molecule has 0 spiro atoms. The van der Waals surface area contributed by atoms with Crippen LogP contribution in [0, 0.1) is 5.92 Å². The van der Waals surface area contributed by atoms with E-state index in [-0.39, 0.29) is 17.4 Å². The molecule has 162 valence electrons. The van der Waals surface area contributed by atoms with Crippen LogP contribution in [-0.2, 0) is 10.0 Å². The number of carbonyl (C=O) groups is 2. The first kappa shape index (κ1) is 21.6. The number of hydrogen-bond donors (Lipinski definition) is 4. The van der Waals surface area contributed by atoms with Crippen molar-refractivity contribution in [2.24, 2.45) is 5.92 Å². The van der Waals surface area contributed by atoms with Crippen molar-refractivity contribution < 1.29 is 23.1 Å². The molecule has 1 aliphatic rings. The van der Waals surface area contributed by atoms with Gasteiger partial charge in [-0.3, -0.25) is 10.2 Å². The molecule has 1 fully saturated rings. The minimum atomic E-state index is -3.19. The Bertz CT molecular complexity index is 999. The molecular formula is C18H24N6O5S. The fourth-order valence-electron chi connectivity index (χ4n) is 3.14. The maximum atomic E-state index is 12.2. The summed E-state index contributed by atoms with van der Waals surface area (Å²) in [6.07, 6.45) is 3.77. The number of para-hydroxylation sites is 1. The van der Waals surface area contributed by atoms with Gasteiger partial charge in [-0.2, -0.15) is 5.10 Å².